The van der Waals surface area contributed by atoms with Gasteiger partial charge in [-0.25, -0.2) is 0 Å². The van der Waals surface area contributed by atoms with Crippen LogP contribution in [0.2, 0.25) is 0 Å². The molecule has 0 aliphatic carbocycles. The van der Waals surface area contributed by atoms with Gasteiger partial charge in [0.05, 0.1) is 11.3 Å². The highest BCUT2D eigenvalue weighted by atomic mass is 32.1. The van der Waals surface area contributed by atoms with Crippen LogP contribution in [-0.2, 0) is 6.54 Å². The summed E-state index contributed by atoms with van der Waals surface area (Å²) < 4.78 is 0. The quantitative estimate of drug-likeness (QED) is 0.827. The normalized spacial score (nSPS) is 10.3. The first-order chi connectivity index (χ1) is 8.58. The lowest BCUT2D eigenvalue weighted by Gasteiger charge is -2.21. The molecule has 0 atom stereocenters. The highest BCUT2D eigenvalue weighted by Gasteiger charge is 2.12. The van der Waals surface area contributed by atoms with Gasteiger partial charge in [-0.05, 0) is 40.6 Å². The number of amides is 1. The lowest BCUT2D eigenvalue weighted by molar-refractivity contribution is 0.100. The van der Waals surface area contributed by atoms with Crippen molar-refractivity contribution in [3.63, 3.8) is 0 Å². The summed E-state index contributed by atoms with van der Waals surface area (Å²) in [5.74, 6) is -0.442. The van der Waals surface area contributed by atoms with Gasteiger partial charge in [0.2, 0.25) is 0 Å². The molecule has 0 spiro atoms. The number of hydrogen-bond donors (Lipinski definition) is 2. The molecule has 4 nitrogen and oxygen atoms in total. The third-order valence-electron chi connectivity index (χ3n) is 2.70. The Labute approximate surface area is 110 Å². The van der Waals surface area contributed by atoms with E-state index in [4.69, 9.17) is 11.5 Å². The highest BCUT2D eigenvalue weighted by Crippen LogP contribution is 2.24. The van der Waals surface area contributed by atoms with Crippen LogP contribution in [0.5, 0.6) is 0 Å². The first-order valence-electron chi connectivity index (χ1n) is 5.49. The lowest BCUT2D eigenvalue weighted by Crippen LogP contribution is -2.22. The van der Waals surface area contributed by atoms with Crippen LogP contribution < -0.4 is 16.4 Å². The van der Waals surface area contributed by atoms with Crippen LogP contribution in [0.15, 0.2) is 35.0 Å². The van der Waals surface area contributed by atoms with Gasteiger partial charge in [-0.3, -0.25) is 4.79 Å². The fraction of sp³-hybridized carbons (Fsp3) is 0.154. The van der Waals surface area contributed by atoms with E-state index in [0.717, 1.165) is 5.69 Å². The average molecular weight is 261 g/mol. The summed E-state index contributed by atoms with van der Waals surface area (Å²) in [6.45, 7) is 0.716. The van der Waals surface area contributed by atoms with Crippen molar-refractivity contribution < 1.29 is 4.79 Å². The van der Waals surface area contributed by atoms with E-state index in [1.54, 1.807) is 29.5 Å². The van der Waals surface area contributed by atoms with Gasteiger partial charge in [0.15, 0.2) is 0 Å². The highest BCUT2D eigenvalue weighted by molar-refractivity contribution is 7.07. The smallest absolute Gasteiger partial charge is 0.250 e. The summed E-state index contributed by atoms with van der Waals surface area (Å²) in [5.41, 5.74) is 14.2. The van der Waals surface area contributed by atoms with Crippen molar-refractivity contribution >= 4 is 28.6 Å². The maximum absolute atomic E-state index is 11.4. The van der Waals surface area contributed by atoms with E-state index in [0.29, 0.717) is 17.8 Å². The van der Waals surface area contributed by atoms with Crippen LogP contribution in [0.25, 0.3) is 0 Å². The average Bonchev–Trinajstić information content (AvgIpc) is 2.81. The second kappa shape index (κ2) is 5.10. The van der Waals surface area contributed by atoms with E-state index in [2.05, 4.69) is 11.4 Å². The van der Waals surface area contributed by atoms with E-state index < -0.39 is 5.91 Å². The summed E-state index contributed by atoms with van der Waals surface area (Å²) in [5, 5.41) is 4.10. The Balaban J connectivity index is 2.31. The van der Waals surface area contributed by atoms with E-state index in [-0.39, 0.29) is 0 Å². The molecule has 0 bridgehead atoms. The molecule has 2 rings (SSSR count). The van der Waals surface area contributed by atoms with Gasteiger partial charge in [0.1, 0.15) is 0 Å². The molecule has 1 amide bonds. The molecule has 0 unspecified atom stereocenters. The number of carbonyl (C=O) groups excluding carboxylic acids is 1. The van der Waals surface area contributed by atoms with Gasteiger partial charge in [-0.1, -0.05) is 0 Å². The standard InChI is InChI=1S/C13H15N3OS/c1-16(7-9-4-5-18-8-9)12-6-10(14)2-3-11(12)13(15)17/h2-6,8H,7,14H2,1H3,(H2,15,17). The number of carbonyl (C=O) groups is 1. The number of benzene rings is 1. The summed E-state index contributed by atoms with van der Waals surface area (Å²) in [6.07, 6.45) is 0. The van der Waals surface area contributed by atoms with E-state index in [1.165, 1.54) is 5.56 Å². The number of thiophene rings is 1. The van der Waals surface area contributed by atoms with Gasteiger partial charge in [-0.15, -0.1) is 0 Å². The molecular formula is C13H15N3OS. The van der Waals surface area contributed by atoms with Crippen molar-refractivity contribution in [2.24, 2.45) is 5.73 Å². The number of nitrogen functional groups attached to an aromatic ring is 1. The lowest BCUT2D eigenvalue weighted by atomic mass is 10.1. The van der Waals surface area contributed by atoms with Crippen molar-refractivity contribution in [2.75, 3.05) is 17.7 Å². The Morgan fingerprint density at radius 1 is 1.39 bits per heavy atom. The zero-order valence-corrected chi connectivity index (χ0v) is 10.9. The fourth-order valence-electron chi connectivity index (χ4n) is 1.81. The van der Waals surface area contributed by atoms with Crippen LogP contribution in [0, 0.1) is 0 Å². The number of hydrogen-bond acceptors (Lipinski definition) is 4. The molecule has 2 aromatic rings. The van der Waals surface area contributed by atoms with Crippen molar-refractivity contribution in [2.45, 2.75) is 6.54 Å². The van der Waals surface area contributed by atoms with Crippen molar-refractivity contribution in [3.8, 4) is 0 Å². The maximum atomic E-state index is 11.4. The SMILES string of the molecule is CN(Cc1ccsc1)c1cc(N)ccc1C(N)=O. The second-order valence-corrected chi connectivity index (χ2v) is 4.91. The van der Waals surface area contributed by atoms with Gasteiger partial charge < -0.3 is 16.4 Å². The number of primary amides is 1. The third kappa shape index (κ3) is 2.62. The van der Waals surface area contributed by atoms with Crippen LogP contribution in [0.1, 0.15) is 15.9 Å². The Morgan fingerprint density at radius 3 is 2.78 bits per heavy atom. The second-order valence-electron chi connectivity index (χ2n) is 4.13. The van der Waals surface area contributed by atoms with Gasteiger partial charge in [-0.2, -0.15) is 11.3 Å². The van der Waals surface area contributed by atoms with Crippen LogP contribution >= 0.6 is 11.3 Å². The zero-order valence-electron chi connectivity index (χ0n) is 10.1. The number of rotatable bonds is 4. The summed E-state index contributed by atoms with van der Waals surface area (Å²) in [7, 11) is 1.92. The fourth-order valence-corrected chi connectivity index (χ4v) is 2.47. The zero-order chi connectivity index (χ0) is 13.1. The molecule has 1 aromatic carbocycles. The van der Waals surface area contributed by atoms with E-state index in [9.17, 15) is 4.79 Å². The van der Waals surface area contributed by atoms with Crippen LogP contribution in [-0.4, -0.2) is 13.0 Å². The number of anilines is 2. The van der Waals surface area contributed by atoms with Gasteiger partial charge in [0, 0.05) is 19.3 Å². The minimum Gasteiger partial charge on any atom is -0.399 e. The summed E-state index contributed by atoms with van der Waals surface area (Å²) >= 11 is 1.65. The first kappa shape index (κ1) is 12.4. The molecule has 0 radical (unpaired) electrons. The monoisotopic (exact) mass is 261 g/mol. The Morgan fingerprint density at radius 2 is 2.17 bits per heavy atom. The maximum Gasteiger partial charge on any atom is 0.250 e. The van der Waals surface area contributed by atoms with Crippen molar-refractivity contribution in [3.05, 3.63) is 46.2 Å². The Hall–Kier alpha value is -2.01. The molecule has 0 aliphatic heterocycles. The molecule has 1 aromatic heterocycles. The van der Waals surface area contributed by atoms with Crippen molar-refractivity contribution in [1.29, 1.82) is 0 Å². The van der Waals surface area contributed by atoms with Crippen molar-refractivity contribution in [1.82, 2.24) is 0 Å². The largest absolute Gasteiger partial charge is 0.399 e. The minimum atomic E-state index is -0.442. The first-order valence-corrected chi connectivity index (χ1v) is 6.44. The number of nitrogens with two attached hydrogens (primary N) is 2. The van der Waals surface area contributed by atoms with Crippen LogP contribution in [0.4, 0.5) is 11.4 Å². The number of nitrogens with zero attached hydrogens (tertiary/aromatic N) is 1. The molecule has 0 saturated carbocycles. The van der Waals surface area contributed by atoms with E-state index >= 15 is 0 Å². The minimum absolute atomic E-state index is 0.442. The molecule has 0 aliphatic rings. The van der Waals surface area contributed by atoms with Crippen LogP contribution in [0.3, 0.4) is 0 Å². The topological polar surface area (TPSA) is 72.3 Å². The summed E-state index contributed by atoms with van der Waals surface area (Å²) in [4.78, 5) is 13.4. The molecule has 5 heteroatoms. The summed E-state index contributed by atoms with van der Waals surface area (Å²) in [6, 6.07) is 7.17. The molecule has 18 heavy (non-hydrogen) atoms. The molecular weight excluding hydrogens is 246 g/mol. The Kier molecular flexibility index (Phi) is 3.53. The van der Waals surface area contributed by atoms with E-state index in [1.807, 2.05) is 17.3 Å². The molecule has 94 valence electrons. The molecule has 4 N–H and O–H groups in total. The molecule has 0 fully saturated rings. The molecule has 0 saturated heterocycles. The molecule has 1 heterocycles. The predicted molar refractivity (Wildman–Crippen MR) is 75.8 cm³/mol. The third-order valence-corrected chi connectivity index (χ3v) is 3.43. The van der Waals surface area contributed by atoms with Gasteiger partial charge in [0.25, 0.3) is 5.91 Å². The Bertz CT molecular complexity index is 551. The predicted octanol–water partition coefficient (Wildman–Crippen LogP) is 2.07. The van der Waals surface area contributed by atoms with Gasteiger partial charge >= 0.3 is 0 Å².